The lowest BCUT2D eigenvalue weighted by molar-refractivity contribution is -0.136. The van der Waals surface area contributed by atoms with Gasteiger partial charge < -0.3 is 10.2 Å². The number of carbonyl (C=O) groups excluding carboxylic acids is 2. The second-order valence-corrected chi connectivity index (χ2v) is 7.38. The van der Waals surface area contributed by atoms with Gasteiger partial charge in [0.15, 0.2) is 0 Å². The lowest BCUT2D eigenvalue weighted by Crippen LogP contribution is -2.54. The Morgan fingerprint density at radius 1 is 0.966 bits per heavy atom. The van der Waals surface area contributed by atoms with Crippen molar-refractivity contribution in [3.8, 4) is 0 Å². The lowest BCUT2D eigenvalue weighted by atomic mass is 10.1. The van der Waals surface area contributed by atoms with Gasteiger partial charge in [-0.1, -0.05) is 60.7 Å². The summed E-state index contributed by atoms with van der Waals surface area (Å²) in [5.41, 5.74) is 2.29. The highest BCUT2D eigenvalue weighted by Crippen LogP contribution is 2.07. The molecule has 2 aromatic rings. The average Bonchev–Trinajstić information content (AvgIpc) is 2.77. The van der Waals surface area contributed by atoms with E-state index in [1.54, 1.807) is 13.0 Å². The van der Waals surface area contributed by atoms with Crippen LogP contribution in [0.25, 0.3) is 6.08 Å². The van der Waals surface area contributed by atoms with Crippen molar-refractivity contribution in [2.24, 2.45) is 0 Å². The molecule has 3 rings (SSSR count). The fourth-order valence-electron chi connectivity index (χ4n) is 3.46. The topological polar surface area (TPSA) is 52.7 Å². The van der Waals surface area contributed by atoms with Crippen LogP contribution < -0.4 is 5.32 Å². The molecule has 1 aliphatic rings. The van der Waals surface area contributed by atoms with Gasteiger partial charge in [-0.15, -0.1) is 0 Å². The molecule has 1 unspecified atom stereocenters. The summed E-state index contributed by atoms with van der Waals surface area (Å²) < 4.78 is 0. The van der Waals surface area contributed by atoms with Crippen LogP contribution in [-0.2, 0) is 16.0 Å². The Morgan fingerprint density at radius 2 is 1.59 bits per heavy atom. The zero-order chi connectivity index (χ0) is 20.5. The summed E-state index contributed by atoms with van der Waals surface area (Å²) in [6.07, 6.45) is 4.24. The predicted octanol–water partition coefficient (Wildman–Crippen LogP) is 2.59. The minimum atomic E-state index is -0.529. The van der Waals surface area contributed by atoms with E-state index < -0.39 is 6.04 Å². The Morgan fingerprint density at radius 3 is 2.24 bits per heavy atom. The molecule has 29 heavy (non-hydrogen) atoms. The molecule has 1 aliphatic heterocycles. The molecule has 1 N–H and O–H groups in total. The van der Waals surface area contributed by atoms with E-state index in [4.69, 9.17) is 0 Å². The van der Waals surface area contributed by atoms with Gasteiger partial charge in [0.25, 0.3) is 0 Å². The number of hydrogen-bond acceptors (Lipinski definition) is 3. The van der Waals surface area contributed by atoms with Crippen LogP contribution in [0.2, 0.25) is 0 Å². The quantitative estimate of drug-likeness (QED) is 0.738. The van der Waals surface area contributed by atoms with E-state index in [2.05, 4.69) is 34.5 Å². The summed E-state index contributed by atoms with van der Waals surface area (Å²) in [6.45, 7) is 5.89. The molecular weight excluding hydrogens is 362 g/mol. The van der Waals surface area contributed by atoms with Gasteiger partial charge in [0, 0.05) is 38.8 Å². The zero-order valence-corrected chi connectivity index (χ0v) is 17.0. The van der Waals surface area contributed by atoms with Gasteiger partial charge >= 0.3 is 0 Å². The molecule has 2 amide bonds. The van der Waals surface area contributed by atoms with E-state index in [0.717, 1.165) is 31.6 Å². The maximum atomic E-state index is 12.7. The minimum absolute atomic E-state index is 0.0193. The van der Waals surface area contributed by atoms with E-state index in [9.17, 15) is 9.59 Å². The fourth-order valence-corrected chi connectivity index (χ4v) is 3.46. The van der Waals surface area contributed by atoms with Gasteiger partial charge in [0.2, 0.25) is 11.8 Å². The monoisotopic (exact) mass is 391 g/mol. The summed E-state index contributed by atoms with van der Waals surface area (Å²) in [4.78, 5) is 29.0. The van der Waals surface area contributed by atoms with Gasteiger partial charge in [-0.25, -0.2) is 0 Å². The van der Waals surface area contributed by atoms with E-state index in [-0.39, 0.29) is 11.8 Å². The first-order valence-corrected chi connectivity index (χ1v) is 10.2. The number of rotatable bonds is 7. The Balaban J connectivity index is 1.40. The molecule has 2 aromatic carbocycles. The van der Waals surface area contributed by atoms with Crippen molar-refractivity contribution in [1.29, 1.82) is 0 Å². The summed E-state index contributed by atoms with van der Waals surface area (Å²) in [6, 6.07) is 19.6. The maximum absolute atomic E-state index is 12.7. The number of hydrogen-bond donors (Lipinski definition) is 1. The van der Waals surface area contributed by atoms with Crippen LogP contribution in [0.5, 0.6) is 0 Å². The summed E-state index contributed by atoms with van der Waals surface area (Å²) in [5.74, 6) is -0.273. The van der Waals surface area contributed by atoms with Gasteiger partial charge in [-0.3, -0.25) is 14.5 Å². The van der Waals surface area contributed by atoms with E-state index in [0.29, 0.717) is 13.1 Å². The number of nitrogens with zero attached hydrogens (tertiary/aromatic N) is 2. The smallest absolute Gasteiger partial charge is 0.244 e. The van der Waals surface area contributed by atoms with Crippen LogP contribution >= 0.6 is 0 Å². The van der Waals surface area contributed by atoms with Crippen molar-refractivity contribution < 1.29 is 9.59 Å². The second-order valence-electron chi connectivity index (χ2n) is 7.38. The molecule has 0 radical (unpaired) electrons. The third-order valence-electron chi connectivity index (χ3n) is 5.20. The number of amides is 2. The van der Waals surface area contributed by atoms with Gasteiger partial charge in [-0.2, -0.15) is 0 Å². The Bertz CT molecular complexity index is 813. The predicted molar refractivity (Wildman–Crippen MR) is 116 cm³/mol. The first kappa shape index (κ1) is 20.8. The highest BCUT2D eigenvalue weighted by atomic mass is 16.2. The summed E-state index contributed by atoms with van der Waals surface area (Å²) in [7, 11) is 0. The molecule has 5 nitrogen and oxygen atoms in total. The normalized spacial score (nSPS) is 16.0. The van der Waals surface area contributed by atoms with Crippen LogP contribution in [0.3, 0.4) is 0 Å². The average molecular weight is 392 g/mol. The third kappa shape index (κ3) is 6.57. The van der Waals surface area contributed by atoms with Gasteiger partial charge in [-0.05, 0) is 30.5 Å². The van der Waals surface area contributed by atoms with E-state index >= 15 is 0 Å². The maximum Gasteiger partial charge on any atom is 0.244 e. The van der Waals surface area contributed by atoms with E-state index in [1.807, 2.05) is 41.3 Å². The van der Waals surface area contributed by atoms with Crippen LogP contribution in [-0.4, -0.2) is 60.4 Å². The van der Waals surface area contributed by atoms with Crippen LogP contribution in [0.4, 0.5) is 0 Å². The molecule has 152 valence electrons. The summed E-state index contributed by atoms with van der Waals surface area (Å²) >= 11 is 0. The number of nitrogens with one attached hydrogen (secondary N) is 1. The van der Waals surface area contributed by atoms with Crippen LogP contribution in [0, 0.1) is 0 Å². The van der Waals surface area contributed by atoms with Crippen molar-refractivity contribution in [3.63, 3.8) is 0 Å². The minimum Gasteiger partial charge on any atom is -0.341 e. The molecule has 0 saturated carbocycles. The van der Waals surface area contributed by atoms with Crippen molar-refractivity contribution in [3.05, 3.63) is 77.9 Å². The molecule has 5 heteroatoms. The van der Waals surface area contributed by atoms with Crippen LogP contribution in [0.1, 0.15) is 18.1 Å². The molecule has 0 bridgehead atoms. The molecule has 1 heterocycles. The Kier molecular flexibility index (Phi) is 7.59. The molecule has 0 aliphatic carbocycles. The molecule has 1 atom stereocenters. The lowest BCUT2D eigenvalue weighted by Gasteiger charge is -2.36. The van der Waals surface area contributed by atoms with Gasteiger partial charge in [0.05, 0.1) is 0 Å². The number of piperazine rings is 1. The van der Waals surface area contributed by atoms with Crippen LogP contribution in [0.15, 0.2) is 66.7 Å². The van der Waals surface area contributed by atoms with Crippen molar-refractivity contribution in [1.82, 2.24) is 15.1 Å². The number of carbonyl (C=O) groups is 2. The van der Waals surface area contributed by atoms with Crippen molar-refractivity contribution in [2.45, 2.75) is 19.4 Å². The molecule has 0 aromatic heterocycles. The van der Waals surface area contributed by atoms with Crippen molar-refractivity contribution >= 4 is 17.9 Å². The first-order chi connectivity index (χ1) is 14.1. The molecule has 1 fully saturated rings. The van der Waals surface area contributed by atoms with E-state index in [1.165, 1.54) is 11.6 Å². The molecular formula is C24H29N3O2. The molecule has 1 saturated heterocycles. The molecule has 0 spiro atoms. The highest BCUT2D eigenvalue weighted by Gasteiger charge is 2.25. The second kappa shape index (κ2) is 10.6. The first-order valence-electron chi connectivity index (χ1n) is 10.2. The zero-order valence-electron chi connectivity index (χ0n) is 17.0. The largest absolute Gasteiger partial charge is 0.341 e. The van der Waals surface area contributed by atoms with Crippen molar-refractivity contribution in [2.75, 3.05) is 32.7 Å². The highest BCUT2D eigenvalue weighted by molar-refractivity contribution is 5.95. The Labute approximate surface area is 173 Å². The third-order valence-corrected chi connectivity index (χ3v) is 5.20. The summed E-state index contributed by atoms with van der Waals surface area (Å²) in [5, 5.41) is 2.77. The number of benzene rings is 2. The Hall–Kier alpha value is -2.92. The standard InChI is InChI=1S/C24H29N3O2/c1-20(25-23(28)13-12-21-8-4-2-5-9-21)24(29)27-18-16-26(17-19-27)15-14-22-10-6-3-7-11-22/h2-13,20H,14-19H2,1H3,(H,25,28)/b13-12+. The van der Waals surface area contributed by atoms with Gasteiger partial charge in [0.1, 0.15) is 6.04 Å². The fraction of sp³-hybridized carbons (Fsp3) is 0.333. The SMILES string of the molecule is CC(NC(=O)/C=C/c1ccccc1)C(=O)N1CCN(CCc2ccccc2)CC1.